The Morgan fingerprint density at radius 1 is 0.830 bits per heavy atom. The van der Waals surface area contributed by atoms with Gasteiger partial charge in [-0.2, -0.15) is 0 Å². The van der Waals surface area contributed by atoms with Crippen molar-refractivity contribution in [1.82, 2.24) is 24.3 Å². The molecule has 0 radical (unpaired) electrons. The van der Waals surface area contributed by atoms with Crippen LogP contribution in [0.15, 0.2) is 95.9 Å². The van der Waals surface area contributed by atoms with E-state index in [0.717, 1.165) is 45.2 Å². The van der Waals surface area contributed by atoms with E-state index in [-0.39, 0.29) is 17.1 Å². The lowest BCUT2D eigenvalue weighted by molar-refractivity contribution is 0.102. The topological polar surface area (TPSA) is 120 Å². The van der Waals surface area contributed by atoms with Gasteiger partial charge >= 0.3 is 0 Å². The van der Waals surface area contributed by atoms with Gasteiger partial charge in [0, 0.05) is 62.1 Å². The van der Waals surface area contributed by atoms with Crippen molar-refractivity contribution < 1.29 is 28.1 Å². The van der Waals surface area contributed by atoms with E-state index in [4.69, 9.17) is 18.9 Å². The number of piperazine rings is 1. The third-order valence-electron chi connectivity index (χ3n) is 9.17. The Morgan fingerprint density at radius 3 is 2.40 bits per heavy atom. The summed E-state index contributed by atoms with van der Waals surface area (Å²) in [5.74, 6) is 0.227. The van der Waals surface area contributed by atoms with Crippen molar-refractivity contribution in [2.24, 2.45) is 0 Å². The van der Waals surface area contributed by atoms with Gasteiger partial charge in [-0.25, -0.2) is 9.37 Å². The molecule has 13 heteroatoms. The Kier molecular flexibility index (Phi) is 10.5. The summed E-state index contributed by atoms with van der Waals surface area (Å²) in [6.45, 7) is 5.72. The van der Waals surface area contributed by atoms with E-state index < -0.39 is 17.3 Å². The summed E-state index contributed by atoms with van der Waals surface area (Å²) < 4.78 is 40.2. The molecule has 1 aliphatic rings. The molecule has 0 bridgehead atoms. The molecule has 1 fully saturated rings. The number of benzene rings is 4. The highest BCUT2D eigenvalue weighted by molar-refractivity contribution is 6.03. The second kappa shape index (κ2) is 15.7. The number of halogens is 1. The van der Waals surface area contributed by atoms with Gasteiger partial charge < -0.3 is 34.1 Å². The number of pyridine rings is 1. The summed E-state index contributed by atoms with van der Waals surface area (Å²) in [6, 6.07) is 23.1. The van der Waals surface area contributed by atoms with Crippen molar-refractivity contribution in [3.05, 3.63) is 113 Å². The first-order valence-electron chi connectivity index (χ1n) is 17.3. The summed E-state index contributed by atoms with van der Waals surface area (Å²) in [7, 11) is 5.20. The highest BCUT2D eigenvalue weighted by Crippen LogP contribution is 2.38. The molecule has 0 saturated carbocycles. The van der Waals surface area contributed by atoms with Crippen LogP contribution in [0.5, 0.6) is 28.7 Å². The van der Waals surface area contributed by atoms with Crippen molar-refractivity contribution >= 4 is 33.5 Å². The molecule has 1 aliphatic heterocycles. The number of nitrogens with one attached hydrogen (secondary N) is 1. The van der Waals surface area contributed by atoms with Crippen molar-refractivity contribution in [3.63, 3.8) is 0 Å². The number of ether oxygens (including phenoxy) is 4. The molecule has 1 saturated heterocycles. The Labute approximate surface area is 305 Å². The molecule has 4 aromatic carbocycles. The van der Waals surface area contributed by atoms with Gasteiger partial charge in [0.25, 0.3) is 11.5 Å². The minimum Gasteiger partial charge on any atom is -0.495 e. The molecule has 7 rings (SSSR count). The lowest BCUT2D eigenvalue weighted by Crippen LogP contribution is -2.44. The number of likely N-dealkylation sites (N-methyl/N-ethyl adjacent to an activating group) is 1. The zero-order chi connectivity index (χ0) is 36.9. The molecule has 0 unspecified atom stereocenters. The maximum absolute atomic E-state index is 15.5. The molecule has 0 aliphatic carbocycles. The molecule has 6 aromatic rings. The first-order chi connectivity index (χ1) is 25.8. The second-order valence-corrected chi connectivity index (χ2v) is 12.6. The van der Waals surface area contributed by atoms with Crippen LogP contribution in [-0.2, 0) is 0 Å². The van der Waals surface area contributed by atoms with Crippen LogP contribution < -0.4 is 29.8 Å². The van der Waals surface area contributed by atoms with Crippen LogP contribution in [0.25, 0.3) is 27.6 Å². The molecule has 12 nitrogen and oxygen atoms in total. The van der Waals surface area contributed by atoms with Crippen LogP contribution in [0.4, 0.5) is 10.1 Å². The Morgan fingerprint density at radius 2 is 1.60 bits per heavy atom. The fourth-order valence-electron chi connectivity index (χ4n) is 6.33. The minimum atomic E-state index is -0.804. The number of aromatic nitrogens is 3. The highest BCUT2D eigenvalue weighted by atomic mass is 19.1. The molecule has 272 valence electrons. The summed E-state index contributed by atoms with van der Waals surface area (Å²) in [5, 5.41) is 3.21. The Bertz CT molecular complexity index is 2340. The molecule has 0 spiro atoms. The van der Waals surface area contributed by atoms with Gasteiger partial charge in [-0.1, -0.05) is 24.3 Å². The SMILES string of the molecule is COc1cc2c(Oc3ccc(NC(=O)c4nc5ccccc5n(-c5ccccc5OC)c4=O)cc3F)ccnc2cc1OCCCN1CCN(C)CC1. The van der Waals surface area contributed by atoms with Crippen LogP contribution >= 0.6 is 0 Å². The fraction of sp³-hybridized carbons (Fsp3) is 0.250. The number of carbonyl (C=O) groups is 1. The molecular weight excluding hydrogens is 679 g/mol. The second-order valence-electron chi connectivity index (χ2n) is 12.6. The van der Waals surface area contributed by atoms with Crippen molar-refractivity contribution in [3.8, 4) is 34.4 Å². The lowest BCUT2D eigenvalue weighted by Gasteiger charge is -2.32. The number of para-hydroxylation sites is 4. The first-order valence-corrected chi connectivity index (χ1v) is 17.3. The van der Waals surface area contributed by atoms with E-state index >= 15 is 4.39 Å². The van der Waals surface area contributed by atoms with Gasteiger partial charge in [-0.15, -0.1) is 0 Å². The quantitative estimate of drug-likeness (QED) is 0.148. The average Bonchev–Trinajstić information content (AvgIpc) is 3.17. The molecule has 53 heavy (non-hydrogen) atoms. The number of carbonyl (C=O) groups excluding carboxylic acids is 1. The number of rotatable bonds is 12. The molecule has 2 aromatic heterocycles. The predicted octanol–water partition coefficient (Wildman–Crippen LogP) is 6.15. The average molecular weight is 719 g/mol. The number of hydrogen-bond donors (Lipinski definition) is 1. The third kappa shape index (κ3) is 7.62. The van der Waals surface area contributed by atoms with Crippen LogP contribution in [-0.4, -0.2) is 90.8 Å². The van der Waals surface area contributed by atoms with E-state index in [1.54, 1.807) is 80.0 Å². The van der Waals surface area contributed by atoms with Gasteiger partial charge in [-0.05, 0) is 62.0 Å². The fourth-order valence-corrected chi connectivity index (χ4v) is 6.33. The predicted molar refractivity (Wildman–Crippen MR) is 201 cm³/mol. The summed E-state index contributed by atoms with van der Waals surface area (Å²) >= 11 is 0. The number of hydrogen-bond acceptors (Lipinski definition) is 10. The first kappa shape index (κ1) is 35.4. The zero-order valence-corrected chi connectivity index (χ0v) is 29.7. The number of anilines is 1. The van der Waals surface area contributed by atoms with Gasteiger partial charge in [0.05, 0.1) is 43.1 Å². The van der Waals surface area contributed by atoms with Gasteiger partial charge in [0.1, 0.15) is 11.5 Å². The zero-order valence-electron chi connectivity index (χ0n) is 29.7. The van der Waals surface area contributed by atoms with E-state index in [2.05, 4.69) is 32.1 Å². The van der Waals surface area contributed by atoms with Gasteiger partial charge in [-0.3, -0.25) is 19.1 Å². The van der Waals surface area contributed by atoms with Crippen LogP contribution in [0.1, 0.15) is 16.9 Å². The normalized spacial score (nSPS) is 13.6. The molecule has 1 N–H and O–H groups in total. The van der Waals surface area contributed by atoms with Crippen molar-refractivity contribution in [2.75, 3.05) is 65.9 Å². The third-order valence-corrected chi connectivity index (χ3v) is 9.17. The molecular formula is C40H39FN6O6. The van der Waals surface area contributed by atoms with Crippen LogP contribution in [0.2, 0.25) is 0 Å². The molecule has 0 atom stereocenters. The van der Waals surface area contributed by atoms with Gasteiger partial charge in [0.2, 0.25) is 0 Å². The molecule has 1 amide bonds. The summed E-state index contributed by atoms with van der Waals surface area (Å²) in [5.41, 5.74) is 1.02. The number of methoxy groups -OCH3 is 2. The highest BCUT2D eigenvalue weighted by Gasteiger charge is 2.21. The number of fused-ring (bicyclic) bond motifs is 2. The van der Waals surface area contributed by atoms with Crippen LogP contribution in [0, 0.1) is 5.82 Å². The largest absolute Gasteiger partial charge is 0.495 e. The lowest BCUT2D eigenvalue weighted by atomic mass is 10.1. The maximum atomic E-state index is 15.5. The number of amides is 1. The van der Waals surface area contributed by atoms with Crippen molar-refractivity contribution in [1.29, 1.82) is 0 Å². The standard InChI is InChI=1S/C40H39FN6O6/c1-45-18-20-46(21-19-45)17-8-22-52-37-25-30-27(24-36(37)51-3)33(15-16-42-30)53-34-14-13-26(23-28(34)41)43-39(48)38-40(49)47(31-10-5-4-9-29(31)44-38)32-11-6-7-12-35(32)50-2/h4-7,9-16,23-25H,8,17-22H2,1-3H3,(H,43,48). The van der Waals surface area contributed by atoms with E-state index in [0.29, 0.717) is 57.2 Å². The smallest absolute Gasteiger partial charge is 0.287 e. The van der Waals surface area contributed by atoms with E-state index in [1.807, 2.05) is 0 Å². The van der Waals surface area contributed by atoms with Crippen LogP contribution in [0.3, 0.4) is 0 Å². The van der Waals surface area contributed by atoms with Gasteiger partial charge in [0.15, 0.2) is 28.8 Å². The van der Waals surface area contributed by atoms with Crippen molar-refractivity contribution in [2.45, 2.75) is 6.42 Å². The monoisotopic (exact) mass is 718 g/mol. The summed E-state index contributed by atoms with van der Waals surface area (Å²) in [4.78, 5) is 40.9. The Balaban J connectivity index is 1.08. The van der Waals surface area contributed by atoms with E-state index in [1.165, 1.54) is 23.8 Å². The molecule has 3 heterocycles. The minimum absolute atomic E-state index is 0.0824. The maximum Gasteiger partial charge on any atom is 0.287 e. The Hall–Kier alpha value is -6.05. The number of nitrogens with zero attached hydrogens (tertiary/aromatic N) is 5. The van der Waals surface area contributed by atoms with E-state index in [9.17, 15) is 9.59 Å². The summed E-state index contributed by atoms with van der Waals surface area (Å²) in [6.07, 6.45) is 2.44.